The third kappa shape index (κ3) is 5.30. The van der Waals surface area contributed by atoms with E-state index >= 15 is 0 Å². The summed E-state index contributed by atoms with van der Waals surface area (Å²) in [4.78, 5) is 21.4. The molecule has 0 saturated carbocycles. The molecule has 0 fully saturated rings. The summed E-state index contributed by atoms with van der Waals surface area (Å²) in [5, 5.41) is 2.91. The fourth-order valence-corrected chi connectivity index (χ4v) is 3.07. The minimum absolute atomic E-state index is 0.0836. The van der Waals surface area contributed by atoms with Gasteiger partial charge in [-0.15, -0.1) is 0 Å². The zero-order chi connectivity index (χ0) is 21.5. The number of rotatable bonds is 7. The minimum atomic E-state index is -0.458. The van der Waals surface area contributed by atoms with Crippen LogP contribution in [0.1, 0.15) is 17.3 Å². The molecule has 1 amide bonds. The van der Waals surface area contributed by atoms with Crippen LogP contribution in [-0.2, 0) is 4.79 Å². The predicted octanol–water partition coefficient (Wildman–Crippen LogP) is 4.72. The van der Waals surface area contributed by atoms with Gasteiger partial charge in [0, 0.05) is 6.08 Å². The summed E-state index contributed by atoms with van der Waals surface area (Å²) in [6, 6.07) is 22.6. The molecule has 6 heteroatoms. The number of ether oxygens (including phenoxy) is 1. The highest BCUT2D eigenvalue weighted by Gasteiger charge is 2.15. The van der Waals surface area contributed by atoms with Crippen molar-refractivity contribution in [2.45, 2.75) is 6.04 Å². The van der Waals surface area contributed by atoms with Gasteiger partial charge in [0.25, 0.3) is 0 Å². The number of aromatic nitrogens is 2. The number of para-hydroxylation sites is 3. The van der Waals surface area contributed by atoms with Gasteiger partial charge in [-0.1, -0.05) is 54.6 Å². The van der Waals surface area contributed by atoms with Crippen molar-refractivity contribution in [2.75, 3.05) is 6.61 Å². The second-order valence-corrected chi connectivity index (χ2v) is 6.83. The monoisotopic (exact) mass is 413 g/mol. The lowest BCUT2D eigenvalue weighted by atomic mass is 10.1. The van der Waals surface area contributed by atoms with Crippen molar-refractivity contribution in [3.63, 3.8) is 0 Å². The zero-order valence-corrected chi connectivity index (χ0v) is 16.6. The summed E-state index contributed by atoms with van der Waals surface area (Å²) in [5.41, 5.74) is 2.97. The van der Waals surface area contributed by atoms with Crippen LogP contribution in [-0.4, -0.2) is 22.5 Å². The van der Waals surface area contributed by atoms with E-state index in [0.717, 1.165) is 16.6 Å². The lowest BCUT2D eigenvalue weighted by molar-refractivity contribution is -0.117. The van der Waals surface area contributed by atoms with E-state index in [2.05, 4.69) is 15.3 Å². The smallest absolute Gasteiger partial charge is 0.244 e. The van der Waals surface area contributed by atoms with Crippen LogP contribution in [0.3, 0.4) is 0 Å². The maximum atomic E-state index is 13.9. The summed E-state index contributed by atoms with van der Waals surface area (Å²) in [7, 11) is 0. The molecule has 1 N–H and O–H groups in total. The Morgan fingerprint density at radius 2 is 1.68 bits per heavy atom. The number of hydrogen-bond donors (Lipinski definition) is 1. The van der Waals surface area contributed by atoms with Crippen LogP contribution in [0.5, 0.6) is 5.75 Å². The number of fused-ring (bicyclic) bond motifs is 1. The van der Waals surface area contributed by atoms with E-state index in [4.69, 9.17) is 4.74 Å². The molecular formula is C25H20FN3O2. The third-order valence-electron chi connectivity index (χ3n) is 4.63. The van der Waals surface area contributed by atoms with Crippen LogP contribution in [0.4, 0.5) is 4.39 Å². The van der Waals surface area contributed by atoms with Crippen LogP contribution in [0.2, 0.25) is 0 Å². The highest BCUT2D eigenvalue weighted by molar-refractivity contribution is 5.92. The Bertz CT molecular complexity index is 1210. The van der Waals surface area contributed by atoms with Crippen LogP contribution < -0.4 is 10.1 Å². The molecule has 0 aliphatic carbocycles. The fraction of sp³-hybridized carbons (Fsp3) is 0.0800. The SMILES string of the molecule is O=C(C=Cc1cnc2ccccc2n1)NC(COc1ccccc1F)c1ccccc1. The first-order valence-corrected chi connectivity index (χ1v) is 9.82. The first-order chi connectivity index (χ1) is 15.2. The molecular weight excluding hydrogens is 393 g/mol. The Morgan fingerprint density at radius 1 is 0.968 bits per heavy atom. The summed E-state index contributed by atoms with van der Waals surface area (Å²) in [5.74, 6) is -0.629. The van der Waals surface area contributed by atoms with Gasteiger partial charge in [0.15, 0.2) is 11.6 Å². The second-order valence-electron chi connectivity index (χ2n) is 6.83. The van der Waals surface area contributed by atoms with Crippen molar-refractivity contribution in [1.82, 2.24) is 15.3 Å². The van der Waals surface area contributed by atoms with E-state index in [0.29, 0.717) is 5.69 Å². The van der Waals surface area contributed by atoms with E-state index in [1.807, 2.05) is 54.6 Å². The first-order valence-electron chi connectivity index (χ1n) is 9.82. The molecule has 0 radical (unpaired) electrons. The topological polar surface area (TPSA) is 64.1 Å². The number of benzene rings is 3. The summed E-state index contributed by atoms with van der Waals surface area (Å²) in [6.07, 6.45) is 4.62. The summed E-state index contributed by atoms with van der Waals surface area (Å²) >= 11 is 0. The quantitative estimate of drug-likeness (QED) is 0.446. The number of nitrogens with one attached hydrogen (secondary N) is 1. The van der Waals surface area contributed by atoms with Crippen molar-refractivity contribution in [1.29, 1.82) is 0 Å². The molecule has 1 heterocycles. The van der Waals surface area contributed by atoms with E-state index in [1.54, 1.807) is 30.5 Å². The largest absolute Gasteiger partial charge is 0.488 e. The van der Waals surface area contributed by atoms with Crippen LogP contribution in [0.15, 0.2) is 91.1 Å². The predicted molar refractivity (Wildman–Crippen MR) is 118 cm³/mol. The lowest BCUT2D eigenvalue weighted by Crippen LogP contribution is -2.31. The number of halogens is 1. The number of carbonyl (C=O) groups excluding carboxylic acids is 1. The van der Waals surface area contributed by atoms with Gasteiger partial charge in [-0.3, -0.25) is 9.78 Å². The van der Waals surface area contributed by atoms with E-state index in [-0.39, 0.29) is 18.3 Å². The molecule has 0 bridgehead atoms. The van der Waals surface area contributed by atoms with Gasteiger partial charge in [0.2, 0.25) is 5.91 Å². The third-order valence-corrected chi connectivity index (χ3v) is 4.63. The Kier molecular flexibility index (Phi) is 6.28. The molecule has 5 nitrogen and oxygen atoms in total. The van der Waals surface area contributed by atoms with Gasteiger partial charge in [-0.25, -0.2) is 9.37 Å². The Hall–Kier alpha value is -4.06. The Labute approximate surface area is 179 Å². The summed E-state index contributed by atoms with van der Waals surface area (Å²) in [6.45, 7) is 0.0836. The first kappa shape index (κ1) is 20.2. The Balaban J connectivity index is 1.47. The molecule has 0 aliphatic heterocycles. The zero-order valence-electron chi connectivity index (χ0n) is 16.6. The van der Waals surface area contributed by atoms with Gasteiger partial charge < -0.3 is 10.1 Å². The molecule has 1 aromatic heterocycles. The average molecular weight is 413 g/mol. The minimum Gasteiger partial charge on any atom is -0.488 e. The van der Waals surface area contributed by atoms with E-state index < -0.39 is 11.9 Å². The summed E-state index contributed by atoms with van der Waals surface area (Å²) < 4.78 is 19.5. The highest BCUT2D eigenvalue weighted by atomic mass is 19.1. The van der Waals surface area contributed by atoms with Gasteiger partial charge in [0.1, 0.15) is 6.61 Å². The number of hydrogen-bond acceptors (Lipinski definition) is 4. The maximum Gasteiger partial charge on any atom is 0.244 e. The van der Waals surface area contributed by atoms with Gasteiger partial charge >= 0.3 is 0 Å². The molecule has 0 aliphatic rings. The van der Waals surface area contributed by atoms with Crippen LogP contribution in [0, 0.1) is 5.82 Å². The number of carbonyl (C=O) groups is 1. The maximum absolute atomic E-state index is 13.9. The molecule has 3 aromatic carbocycles. The Morgan fingerprint density at radius 3 is 2.48 bits per heavy atom. The van der Waals surface area contributed by atoms with Crippen molar-refractivity contribution in [3.05, 3.63) is 108 Å². The van der Waals surface area contributed by atoms with Crippen LogP contribution >= 0.6 is 0 Å². The molecule has 4 aromatic rings. The molecule has 1 atom stereocenters. The number of amides is 1. The molecule has 31 heavy (non-hydrogen) atoms. The molecule has 0 spiro atoms. The molecule has 154 valence electrons. The van der Waals surface area contributed by atoms with E-state index in [1.165, 1.54) is 12.1 Å². The highest BCUT2D eigenvalue weighted by Crippen LogP contribution is 2.19. The van der Waals surface area contributed by atoms with Crippen molar-refractivity contribution in [2.24, 2.45) is 0 Å². The van der Waals surface area contributed by atoms with Gasteiger partial charge in [-0.2, -0.15) is 0 Å². The normalized spacial score (nSPS) is 12.0. The second kappa shape index (κ2) is 9.63. The van der Waals surface area contributed by atoms with Gasteiger partial charge in [0.05, 0.1) is 29.0 Å². The van der Waals surface area contributed by atoms with Crippen molar-refractivity contribution in [3.8, 4) is 5.75 Å². The van der Waals surface area contributed by atoms with Crippen molar-refractivity contribution >= 4 is 23.0 Å². The van der Waals surface area contributed by atoms with Crippen LogP contribution in [0.25, 0.3) is 17.1 Å². The lowest BCUT2D eigenvalue weighted by Gasteiger charge is -2.19. The molecule has 0 saturated heterocycles. The number of nitrogens with zero attached hydrogens (tertiary/aromatic N) is 2. The van der Waals surface area contributed by atoms with E-state index in [9.17, 15) is 9.18 Å². The standard InChI is InChI=1S/C25H20FN3O2/c26-20-10-4-7-13-24(20)31-17-23(18-8-2-1-3-9-18)29-25(30)15-14-19-16-27-21-11-5-6-12-22(21)28-19/h1-16,23H,17H2,(H,29,30). The van der Waals surface area contributed by atoms with Gasteiger partial charge in [-0.05, 0) is 35.9 Å². The van der Waals surface area contributed by atoms with Crippen molar-refractivity contribution < 1.29 is 13.9 Å². The fourth-order valence-electron chi connectivity index (χ4n) is 3.07. The molecule has 1 unspecified atom stereocenters. The average Bonchev–Trinajstić information content (AvgIpc) is 2.82. The molecule has 4 rings (SSSR count).